The molecule has 0 spiro atoms. The highest BCUT2D eigenvalue weighted by molar-refractivity contribution is 9.10. The molecule has 0 amide bonds. The van der Waals surface area contributed by atoms with Crippen molar-refractivity contribution in [1.29, 1.82) is 0 Å². The van der Waals surface area contributed by atoms with Crippen LogP contribution in [0.15, 0.2) is 33.4 Å². The number of carboxylic acids is 1. The Hall–Kier alpha value is -1.69. The van der Waals surface area contributed by atoms with Gasteiger partial charge in [0.05, 0.1) is 10.7 Å². The molecule has 4 nitrogen and oxygen atoms in total. The third-order valence-electron chi connectivity index (χ3n) is 2.00. The van der Waals surface area contributed by atoms with Crippen LogP contribution in [0.25, 0.3) is 11.3 Å². The molecule has 0 saturated heterocycles. The van der Waals surface area contributed by atoms with E-state index in [9.17, 15) is 9.18 Å². The van der Waals surface area contributed by atoms with Crippen LogP contribution in [0.2, 0.25) is 0 Å². The first kappa shape index (κ1) is 10.8. The van der Waals surface area contributed by atoms with Crippen LogP contribution in [0.1, 0.15) is 10.4 Å². The lowest BCUT2D eigenvalue weighted by Crippen LogP contribution is -1.96. The van der Waals surface area contributed by atoms with E-state index in [1.54, 1.807) is 6.07 Å². The Kier molecular flexibility index (Phi) is 2.74. The molecule has 16 heavy (non-hydrogen) atoms. The van der Waals surface area contributed by atoms with Crippen LogP contribution in [0.4, 0.5) is 4.39 Å². The van der Waals surface area contributed by atoms with Crippen LogP contribution < -0.4 is 0 Å². The lowest BCUT2D eigenvalue weighted by Gasteiger charge is -2.01. The minimum absolute atomic E-state index is 0.0267. The number of halogens is 2. The van der Waals surface area contributed by atoms with Gasteiger partial charge in [0.15, 0.2) is 5.76 Å². The Morgan fingerprint density at radius 2 is 2.25 bits per heavy atom. The summed E-state index contributed by atoms with van der Waals surface area (Å²) in [5.74, 6) is -1.64. The van der Waals surface area contributed by atoms with E-state index in [4.69, 9.17) is 9.63 Å². The van der Waals surface area contributed by atoms with Crippen molar-refractivity contribution in [2.75, 3.05) is 0 Å². The summed E-state index contributed by atoms with van der Waals surface area (Å²) in [7, 11) is 0. The van der Waals surface area contributed by atoms with Crippen LogP contribution >= 0.6 is 15.9 Å². The number of hydrogen-bond donors (Lipinski definition) is 1. The van der Waals surface area contributed by atoms with E-state index in [0.29, 0.717) is 5.56 Å². The number of rotatable bonds is 2. The minimum atomic E-state index is -1.17. The van der Waals surface area contributed by atoms with Gasteiger partial charge in [0.25, 0.3) is 0 Å². The topological polar surface area (TPSA) is 63.3 Å². The zero-order valence-electron chi connectivity index (χ0n) is 7.78. The quantitative estimate of drug-likeness (QED) is 0.921. The maximum atomic E-state index is 13.2. The van der Waals surface area contributed by atoms with Gasteiger partial charge in [-0.05, 0) is 28.1 Å². The lowest BCUT2D eigenvalue weighted by atomic mass is 10.1. The molecule has 0 unspecified atom stereocenters. The van der Waals surface area contributed by atoms with E-state index in [-0.39, 0.29) is 15.8 Å². The second kappa shape index (κ2) is 4.05. The molecule has 1 aromatic heterocycles. The van der Waals surface area contributed by atoms with Gasteiger partial charge in [0.2, 0.25) is 0 Å². The molecule has 0 aliphatic rings. The summed E-state index contributed by atoms with van der Waals surface area (Å²) in [5.41, 5.74) is 0.209. The van der Waals surface area contributed by atoms with Gasteiger partial charge in [-0.25, -0.2) is 9.18 Å². The molecule has 82 valence electrons. The molecular formula is C10H5BrFNO3. The maximum absolute atomic E-state index is 13.2. The Bertz CT molecular complexity index is 553. The van der Waals surface area contributed by atoms with E-state index < -0.39 is 11.8 Å². The number of benzene rings is 1. The summed E-state index contributed by atoms with van der Waals surface area (Å²) in [6.45, 7) is 0. The minimum Gasteiger partial charge on any atom is -0.477 e. The van der Waals surface area contributed by atoms with Crippen molar-refractivity contribution in [2.45, 2.75) is 0 Å². The van der Waals surface area contributed by atoms with Gasteiger partial charge in [0, 0.05) is 5.56 Å². The van der Waals surface area contributed by atoms with Crippen LogP contribution in [0.3, 0.4) is 0 Å². The molecule has 0 saturated carbocycles. The fourth-order valence-electron chi connectivity index (χ4n) is 1.27. The number of nitrogens with zero attached hydrogens (tertiary/aromatic N) is 1. The summed E-state index contributed by atoms with van der Waals surface area (Å²) < 4.78 is 18.2. The Balaban J connectivity index is 2.63. The van der Waals surface area contributed by atoms with Crippen molar-refractivity contribution in [3.05, 3.63) is 40.2 Å². The first-order chi connectivity index (χ1) is 7.61. The van der Waals surface area contributed by atoms with Crippen molar-refractivity contribution in [1.82, 2.24) is 5.16 Å². The summed E-state index contributed by atoms with van der Waals surface area (Å²) in [6, 6.07) is 4.26. The smallest absolute Gasteiger partial charge is 0.341 e. The zero-order valence-corrected chi connectivity index (χ0v) is 9.36. The van der Waals surface area contributed by atoms with E-state index >= 15 is 0 Å². The van der Waals surface area contributed by atoms with E-state index in [1.165, 1.54) is 12.1 Å². The van der Waals surface area contributed by atoms with Crippen LogP contribution in [-0.2, 0) is 0 Å². The van der Waals surface area contributed by atoms with Crippen LogP contribution in [-0.4, -0.2) is 16.2 Å². The average Bonchev–Trinajstić information content (AvgIpc) is 2.70. The summed E-state index contributed by atoms with van der Waals surface area (Å²) >= 11 is 3.03. The molecule has 2 rings (SSSR count). The molecule has 1 aromatic carbocycles. The van der Waals surface area contributed by atoms with Crippen molar-refractivity contribution in [3.8, 4) is 11.3 Å². The summed E-state index contributed by atoms with van der Waals surface area (Å²) in [4.78, 5) is 10.8. The summed E-state index contributed by atoms with van der Waals surface area (Å²) in [6.07, 6.45) is 1.08. The van der Waals surface area contributed by atoms with Gasteiger partial charge in [-0.15, -0.1) is 0 Å². The predicted octanol–water partition coefficient (Wildman–Crippen LogP) is 2.94. The molecule has 0 aliphatic carbocycles. The molecular weight excluding hydrogens is 281 g/mol. The van der Waals surface area contributed by atoms with Gasteiger partial charge < -0.3 is 9.63 Å². The maximum Gasteiger partial charge on any atom is 0.341 e. The van der Waals surface area contributed by atoms with Gasteiger partial charge in [-0.3, -0.25) is 0 Å². The van der Waals surface area contributed by atoms with Gasteiger partial charge >= 0.3 is 5.97 Å². The molecule has 1 N–H and O–H groups in total. The molecule has 0 aliphatic heterocycles. The average molecular weight is 286 g/mol. The standard InChI is InChI=1S/C10H5BrFNO3/c11-8-5(2-1-3-7(8)12)9-6(10(14)15)4-13-16-9/h1-4H,(H,14,15). The molecule has 2 aromatic rings. The fourth-order valence-corrected chi connectivity index (χ4v) is 1.71. The third kappa shape index (κ3) is 1.71. The zero-order chi connectivity index (χ0) is 11.7. The monoisotopic (exact) mass is 285 g/mol. The van der Waals surface area contributed by atoms with Crippen molar-refractivity contribution >= 4 is 21.9 Å². The molecule has 0 fully saturated rings. The van der Waals surface area contributed by atoms with Crippen LogP contribution in [0.5, 0.6) is 0 Å². The molecule has 6 heteroatoms. The highest BCUT2D eigenvalue weighted by Gasteiger charge is 2.20. The van der Waals surface area contributed by atoms with Crippen molar-refractivity contribution in [2.24, 2.45) is 0 Å². The van der Waals surface area contributed by atoms with Crippen molar-refractivity contribution in [3.63, 3.8) is 0 Å². The SMILES string of the molecule is O=C(O)c1cnoc1-c1cccc(F)c1Br. The van der Waals surface area contributed by atoms with Crippen molar-refractivity contribution < 1.29 is 18.8 Å². The number of carboxylic acid groups (broad SMARTS) is 1. The van der Waals surface area contributed by atoms with Gasteiger partial charge in [-0.2, -0.15) is 0 Å². The first-order valence-corrected chi connectivity index (χ1v) is 5.03. The highest BCUT2D eigenvalue weighted by Crippen LogP contribution is 2.32. The number of aromatic nitrogens is 1. The second-order valence-corrected chi connectivity index (χ2v) is 3.77. The number of aromatic carboxylic acids is 1. The molecule has 0 bridgehead atoms. The number of carbonyl (C=O) groups is 1. The Labute approximate surface area is 97.8 Å². The van der Waals surface area contributed by atoms with E-state index in [2.05, 4.69) is 21.1 Å². The second-order valence-electron chi connectivity index (χ2n) is 2.98. The fraction of sp³-hybridized carbons (Fsp3) is 0. The normalized spacial score (nSPS) is 10.4. The van der Waals surface area contributed by atoms with Gasteiger partial charge in [-0.1, -0.05) is 11.2 Å². The molecule has 0 radical (unpaired) electrons. The molecule has 0 atom stereocenters. The van der Waals surface area contributed by atoms with E-state index in [1.807, 2.05) is 0 Å². The van der Waals surface area contributed by atoms with Gasteiger partial charge in [0.1, 0.15) is 11.4 Å². The largest absolute Gasteiger partial charge is 0.477 e. The Morgan fingerprint density at radius 3 is 2.94 bits per heavy atom. The Morgan fingerprint density at radius 1 is 1.50 bits per heavy atom. The first-order valence-electron chi connectivity index (χ1n) is 4.23. The third-order valence-corrected chi connectivity index (χ3v) is 2.80. The number of hydrogen-bond acceptors (Lipinski definition) is 3. The molecule has 1 heterocycles. The highest BCUT2D eigenvalue weighted by atomic mass is 79.9. The summed E-state index contributed by atoms with van der Waals surface area (Å²) in [5, 5.41) is 12.3. The van der Waals surface area contributed by atoms with E-state index in [0.717, 1.165) is 6.20 Å². The predicted molar refractivity (Wildman–Crippen MR) is 56.6 cm³/mol. The lowest BCUT2D eigenvalue weighted by molar-refractivity contribution is 0.0697. The van der Waals surface area contributed by atoms with Crippen LogP contribution in [0, 0.1) is 5.82 Å².